The fourth-order valence-corrected chi connectivity index (χ4v) is 4.39. The Labute approximate surface area is 203 Å². The first kappa shape index (κ1) is 22.9. The van der Waals surface area contributed by atoms with E-state index in [1.54, 1.807) is 4.68 Å². The number of nitrogens with zero attached hydrogens (tertiary/aromatic N) is 5. The van der Waals surface area contributed by atoms with Gasteiger partial charge in [-0.1, -0.05) is 11.6 Å². The predicted octanol–water partition coefficient (Wildman–Crippen LogP) is 5.15. The number of hydrogen-bond donors (Lipinski definition) is 2. The van der Waals surface area contributed by atoms with E-state index in [1.807, 2.05) is 26.2 Å². The van der Waals surface area contributed by atoms with Crippen LogP contribution in [0.5, 0.6) is 5.75 Å². The molecule has 1 saturated carbocycles. The van der Waals surface area contributed by atoms with Crippen molar-refractivity contribution in [1.29, 1.82) is 0 Å². The van der Waals surface area contributed by atoms with Gasteiger partial charge in [0.05, 0.1) is 29.4 Å². The standard InChI is InChI=1S/C24H29ClFN7O/c1-14-21(13-33(3)31-14)28-23-18(25)12-27-24(30-23)29-20-11-19(26)17(10-22(20)34-16-4-5-16)15-6-8-32(2)9-7-15/h10-13,15-16H,4-9H2,1-3H3,(H2,27,28,29,30). The summed E-state index contributed by atoms with van der Waals surface area (Å²) >= 11 is 6.33. The summed E-state index contributed by atoms with van der Waals surface area (Å²) in [6, 6.07) is 3.36. The summed E-state index contributed by atoms with van der Waals surface area (Å²) in [5.41, 5.74) is 2.84. The molecule has 5 rings (SSSR count). The number of anilines is 4. The third-order valence-corrected chi connectivity index (χ3v) is 6.61. The summed E-state index contributed by atoms with van der Waals surface area (Å²) in [4.78, 5) is 11.1. The van der Waals surface area contributed by atoms with Gasteiger partial charge in [-0.05, 0) is 70.3 Å². The second kappa shape index (κ2) is 9.38. The van der Waals surface area contributed by atoms with Gasteiger partial charge in [-0.25, -0.2) is 9.37 Å². The summed E-state index contributed by atoms with van der Waals surface area (Å²) in [6.45, 7) is 3.83. The molecule has 2 aliphatic rings. The number of aromatic nitrogens is 4. The molecule has 1 aliphatic carbocycles. The summed E-state index contributed by atoms with van der Waals surface area (Å²) in [6.07, 6.45) is 7.42. The molecule has 2 N–H and O–H groups in total. The lowest BCUT2D eigenvalue weighted by molar-refractivity contribution is 0.252. The normalized spacial score (nSPS) is 17.1. The SMILES string of the molecule is Cc1nn(C)cc1Nc1nc(Nc2cc(F)c(C3CCN(C)CC3)cc2OC2CC2)ncc1Cl. The molecule has 2 aromatic heterocycles. The molecule has 1 aromatic carbocycles. The van der Waals surface area contributed by atoms with Gasteiger partial charge in [0.15, 0.2) is 5.82 Å². The van der Waals surface area contributed by atoms with E-state index in [1.165, 1.54) is 12.3 Å². The maximum Gasteiger partial charge on any atom is 0.229 e. The number of piperidine rings is 1. The molecule has 0 spiro atoms. The van der Waals surface area contributed by atoms with Crippen molar-refractivity contribution in [2.75, 3.05) is 30.8 Å². The average Bonchev–Trinajstić information content (AvgIpc) is 3.56. The van der Waals surface area contributed by atoms with Crippen molar-refractivity contribution in [2.24, 2.45) is 7.05 Å². The molecule has 0 bridgehead atoms. The number of hydrogen-bond acceptors (Lipinski definition) is 7. The van der Waals surface area contributed by atoms with E-state index in [4.69, 9.17) is 16.3 Å². The van der Waals surface area contributed by atoms with Crippen LogP contribution in [0.1, 0.15) is 42.9 Å². The second-order valence-electron chi connectivity index (χ2n) is 9.21. The van der Waals surface area contributed by atoms with Crippen molar-refractivity contribution < 1.29 is 9.13 Å². The first-order chi connectivity index (χ1) is 16.4. The molecule has 8 nitrogen and oxygen atoms in total. The zero-order valence-electron chi connectivity index (χ0n) is 19.6. The third-order valence-electron chi connectivity index (χ3n) is 6.33. The van der Waals surface area contributed by atoms with Crippen molar-refractivity contribution in [3.63, 3.8) is 0 Å². The van der Waals surface area contributed by atoms with Gasteiger partial charge in [0.25, 0.3) is 0 Å². The van der Waals surface area contributed by atoms with Gasteiger partial charge in [-0.15, -0.1) is 0 Å². The Morgan fingerprint density at radius 3 is 2.53 bits per heavy atom. The average molecular weight is 486 g/mol. The third kappa shape index (κ3) is 5.10. The van der Waals surface area contributed by atoms with Gasteiger partial charge >= 0.3 is 0 Å². The zero-order valence-corrected chi connectivity index (χ0v) is 20.4. The molecule has 0 unspecified atom stereocenters. The van der Waals surface area contributed by atoms with Crippen LogP contribution < -0.4 is 15.4 Å². The van der Waals surface area contributed by atoms with Crippen LogP contribution >= 0.6 is 11.6 Å². The highest BCUT2D eigenvalue weighted by Gasteiger charge is 2.28. The molecule has 3 aromatic rings. The molecule has 0 atom stereocenters. The fraction of sp³-hybridized carbons (Fsp3) is 0.458. The monoisotopic (exact) mass is 485 g/mol. The van der Waals surface area contributed by atoms with Crippen molar-refractivity contribution in [3.05, 3.63) is 46.6 Å². The van der Waals surface area contributed by atoms with Gasteiger partial charge in [-0.3, -0.25) is 4.68 Å². The lowest BCUT2D eigenvalue weighted by Gasteiger charge is -2.30. The number of rotatable bonds is 7. The van der Waals surface area contributed by atoms with Crippen molar-refractivity contribution in [2.45, 2.75) is 44.6 Å². The van der Waals surface area contributed by atoms with E-state index in [9.17, 15) is 0 Å². The smallest absolute Gasteiger partial charge is 0.229 e. The number of likely N-dealkylation sites (tertiary alicyclic amines) is 1. The molecule has 3 heterocycles. The Balaban J connectivity index is 1.42. The van der Waals surface area contributed by atoms with Crippen LogP contribution in [0.3, 0.4) is 0 Å². The number of benzene rings is 1. The first-order valence-corrected chi connectivity index (χ1v) is 12.0. The van der Waals surface area contributed by atoms with Gasteiger partial charge in [0.1, 0.15) is 16.6 Å². The van der Waals surface area contributed by atoms with E-state index in [0.717, 1.165) is 55.7 Å². The summed E-state index contributed by atoms with van der Waals surface area (Å²) in [5, 5.41) is 11.0. The Morgan fingerprint density at radius 2 is 1.85 bits per heavy atom. The van der Waals surface area contributed by atoms with Gasteiger partial charge < -0.3 is 20.3 Å². The minimum absolute atomic E-state index is 0.174. The Hall–Kier alpha value is -2.91. The first-order valence-electron chi connectivity index (χ1n) is 11.6. The fourth-order valence-electron chi connectivity index (χ4n) is 4.25. The van der Waals surface area contributed by atoms with Crippen LogP contribution in [0, 0.1) is 12.7 Å². The Kier molecular flexibility index (Phi) is 6.31. The molecule has 180 valence electrons. The Bertz CT molecular complexity index is 1190. The maximum atomic E-state index is 15.3. The highest BCUT2D eigenvalue weighted by molar-refractivity contribution is 6.32. The molecule has 2 fully saturated rings. The largest absolute Gasteiger partial charge is 0.488 e. The predicted molar refractivity (Wildman–Crippen MR) is 131 cm³/mol. The minimum atomic E-state index is -0.238. The Morgan fingerprint density at radius 1 is 1.09 bits per heavy atom. The van der Waals surface area contributed by atoms with Crippen LogP contribution in [0.2, 0.25) is 5.02 Å². The zero-order chi connectivity index (χ0) is 23.8. The summed E-state index contributed by atoms with van der Waals surface area (Å²) in [7, 11) is 3.95. The molecule has 0 amide bonds. The van der Waals surface area contributed by atoms with Crippen LogP contribution in [-0.4, -0.2) is 50.9 Å². The van der Waals surface area contributed by atoms with E-state index in [2.05, 4.69) is 37.6 Å². The lowest BCUT2D eigenvalue weighted by Crippen LogP contribution is -2.29. The van der Waals surface area contributed by atoms with E-state index < -0.39 is 0 Å². The molecule has 34 heavy (non-hydrogen) atoms. The van der Waals surface area contributed by atoms with E-state index >= 15 is 4.39 Å². The van der Waals surface area contributed by atoms with Crippen molar-refractivity contribution >= 4 is 34.7 Å². The molecule has 1 aliphatic heterocycles. The molecule has 0 radical (unpaired) electrons. The highest BCUT2D eigenvalue weighted by Crippen LogP contribution is 2.39. The van der Waals surface area contributed by atoms with E-state index in [-0.39, 0.29) is 17.8 Å². The lowest BCUT2D eigenvalue weighted by atomic mass is 9.89. The van der Waals surface area contributed by atoms with Crippen LogP contribution in [-0.2, 0) is 7.05 Å². The summed E-state index contributed by atoms with van der Waals surface area (Å²) < 4.78 is 23.1. The second-order valence-corrected chi connectivity index (χ2v) is 9.61. The number of nitrogens with one attached hydrogen (secondary N) is 2. The van der Waals surface area contributed by atoms with Gasteiger partial charge in [-0.2, -0.15) is 10.1 Å². The van der Waals surface area contributed by atoms with Crippen LogP contribution in [0.4, 0.5) is 27.5 Å². The van der Waals surface area contributed by atoms with Gasteiger partial charge in [0, 0.05) is 19.3 Å². The minimum Gasteiger partial charge on any atom is -0.488 e. The summed E-state index contributed by atoms with van der Waals surface area (Å²) in [5.74, 6) is 1.31. The van der Waals surface area contributed by atoms with E-state index in [0.29, 0.717) is 28.2 Å². The molecular weight excluding hydrogens is 457 g/mol. The molecule has 10 heteroatoms. The number of ether oxygens (including phenoxy) is 1. The quantitative estimate of drug-likeness (QED) is 0.479. The number of halogens is 2. The van der Waals surface area contributed by atoms with Gasteiger partial charge in [0.2, 0.25) is 5.95 Å². The number of aryl methyl sites for hydroxylation is 2. The highest BCUT2D eigenvalue weighted by atomic mass is 35.5. The topological polar surface area (TPSA) is 80.1 Å². The van der Waals surface area contributed by atoms with Crippen molar-refractivity contribution in [1.82, 2.24) is 24.6 Å². The van der Waals surface area contributed by atoms with Crippen LogP contribution in [0.25, 0.3) is 0 Å². The molecule has 1 saturated heterocycles. The maximum absolute atomic E-state index is 15.3. The van der Waals surface area contributed by atoms with Crippen molar-refractivity contribution in [3.8, 4) is 5.75 Å². The van der Waals surface area contributed by atoms with Crippen LogP contribution in [0.15, 0.2) is 24.5 Å². The molecular formula is C24H29ClFN7O.